The fourth-order valence-corrected chi connectivity index (χ4v) is 6.59. The van der Waals surface area contributed by atoms with Crippen LogP contribution in [0.4, 0.5) is 5.69 Å². The number of nitrogens with zero attached hydrogens (tertiary/aromatic N) is 1. The smallest absolute Gasteiger partial charge is 0.312 e. The van der Waals surface area contributed by atoms with Crippen LogP contribution in [0.15, 0.2) is 42.5 Å². The summed E-state index contributed by atoms with van der Waals surface area (Å²) in [6.45, 7) is 5.88. The molecule has 3 aliphatic heterocycles. The molecule has 2 bridgehead atoms. The minimum atomic E-state index is -1.13. The van der Waals surface area contributed by atoms with Gasteiger partial charge in [0.05, 0.1) is 18.1 Å². The van der Waals surface area contributed by atoms with Crippen LogP contribution in [0.3, 0.4) is 0 Å². The molecule has 3 unspecified atom stereocenters. The van der Waals surface area contributed by atoms with Crippen LogP contribution in [0.1, 0.15) is 33.6 Å². The van der Waals surface area contributed by atoms with Crippen LogP contribution in [-0.4, -0.2) is 64.8 Å². The number of esters is 1. The van der Waals surface area contributed by atoms with E-state index in [1.807, 2.05) is 56.3 Å². The number of likely N-dealkylation sites (tertiary alicyclic amines) is 1. The summed E-state index contributed by atoms with van der Waals surface area (Å²) < 4.78 is 12.0. The van der Waals surface area contributed by atoms with E-state index < -0.39 is 35.0 Å². The molecular weight excluding hydrogens is 448 g/mol. The number of fused-ring (bicyclic) bond motifs is 2. The zero-order valence-electron chi connectivity index (χ0n) is 20.3. The third-order valence-electron chi connectivity index (χ3n) is 8.18. The number of carbonyl (C=O) groups is 3. The maximum Gasteiger partial charge on any atom is 0.312 e. The van der Waals surface area contributed by atoms with Crippen LogP contribution in [0.2, 0.25) is 0 Å². The number of carbonyl (C=O) groups excluding carboxylic acids is 3. The van der Waals surface area contributed by atoms with Crippen molar-refractivity contribution in [1.82, 2.24) is 4.90 Å². The standard InChI is InChI=1S/C27H32N2O6/c1-4-34-25(33)21-20-24(32)29(12-7-13-30)22(27(20)15-16(2)26(21,3)35-27)23(31)28-19-11-10-17-8-5-6-9-18(17)14-19/h5-6,8-11,14,16,20-22,30H,4,7,12-13,15H2,1-3H3,(H,28,31)/t16?,20-,21+,22?,26-,27?/m0/s1. The molecule has 0 aliphatic carbocycles. The summed E-state index contributed by atoms with van der Waals surface area (Å²) >= 11 is 0. The van der Waals surface area contributed by atoms with Crippen LogP contribution < -0.4 is 5.32 Å². The minimum Gasteiger partial charge on any atom is -0.466 e. The van der Waals surface area contributed by atoms with E-state index in [2.05, 4.69) is 5.32 Å². The summed E-state index contributed by atoms with van der Waals surface area (Å²) in [6.07, 6.45) is 0.812. The zero-order valence-corrected chi connectivity index (χ0v) is 20.3. The largest absolute Gasteiger partial charge is 0.466 e. The number of hydrogen-bond acceptors (Lipinski definition) is 6. The van der Waals surface area contributed by atoms with Crippen LogP contribution in [0.5, 0.6) is 0 Å². The number of anilines is 1. The second kappa shape index (κ2) is 8.60. The maximum absolute atomic E-state index is 13.8. The molecule has 2 aromatic rings. The van der Waals surface area contributed by atoms with Gasteiger partial charge in [-0.1, -0.05) is 37.3 Å². The molecule has 8 heteroatoms. The van der Waals surface area contributed by atoms with E-state index >= 15 is 0 Å². The number of amides is 2. The molecule has 3 saturated heterocycles. The van der Waals surface area contributed by atoms with Crippen molar-refractivity contribution >= 4 is 34.2 Å². The van der Waals surface area contributed by atoms with E-state index in [-0.39, 0.29) is 37.5 Å². The monoisotopic (exact) mass is 480 g/mol. The molecule has 0 aromatic heterocycles. The van der Waals surface area contributed by atoms with E-state index in [0.717, 1.165) is 10.8 Å². The van der Waals surface area contributed by atoms with Crippen molar-refractivity contribution in [2.24, 2.45) is 17.8 Å². The normalized spacial score (nSPS) is 33.3. The van der Waals surface area contributed by atoms with Crippen LogP contribution in [0, 0.1) is 17.8 Å². The van der Waals surface area contributed by atoms with Gasteiger partial charge in [-0.05, 0) is 55.5 Å². The van der Waals surface area contributed by atoms with Gasteiger partial charge < -0.3 is 24.8 Å². The lowest BCUT2D eigenvalue weighted by atomic mass is 9.62. The molecule has 3 fully saturated rings. The van der Waals surface area contributed by atoms with Crippen molar-refractivity contribution in [3.05, 3.63) is 42.5 Å². The summed E-state index contributed by atoms with van der Waals surface area (Å²) in [6, 6.07) is 12.6. The lowest BCUT2D eigenvalue weighted by molar-refractivity contribution is -0.160. The first-order valence-electron chi connectivity index (χ1n) is 12.3. The van der Waals surface area contributed by atoms with E-state index in [9.17, 15) is 19.5 Å². The quantitative estimate of drug-likeness (QED) is 0.591. The first-order valence-corrected chi connectivity index (χ1v) is 12.3. The minimum absolute atomic E-state index is 0.0466. The number of ether oxygens (including phenoxy) is 2. The lowest BCUT2D eigenvalue weighted by Crippen LogP contribution is -2.54. The zero-order chi connectivity index (χ0) is 25.0. The molecule has 1 spiro atoms. The fraction of sp³-hybridized carbons (Fsp3) is 0.519. The van der Waals surface area contributed by atoms with Gasteiger partial charge in [-0.25, -0.2) is 0 Å². The van der Waals surface area contributed by atoms with Gasteiger partial charge in [-0.15, -0.1) is 0 Å². The Kier molecular flexibility index (Phi) is 5.84. The van der Waals surface area contributed by atoms with Gasteiger partial charge in [0, 0.05) is 18.8 Å². The fourth-order valence-electron chi connectivity index (χ4n) is 6.59. The average molecular weight is 481 g/mol. The predicted octanol–water partition coefficient (Wildman–Crippen LogP) is 2.73. The second-order valence-corrected chi connectivity index (χ2v) is 10.1. The van der Waals surface area contributed by atoms with E-state index in [1.54, 1.807) is 6.92 Å². The van der Waals surface area contributed by atoms with Crippen LogP contribution >= 0.6 is 0 Å². The second-order valence-electron chi connectivity index (χ2n) is 10.1. The van der Waals surface area contributed by atoms with Gasteiger partial charge in [0.15, 0.2) is 0 Å². The maximum atomic E-state index is 13.8. The van der Waals surface area contributed by atoms with Crippen molar-refractivity contribution in [3.8, 4) is 0 Å². The van der Waals surface area contributed by atoms with Crippen molar-refractivity contribution in [1.29, 1.82) is 0 Å². The molecule has 2 N–H and O–H groups in total. The Morgan fingerprint density at radius 2 is 1.97 bits per heavy atom. The average Bonchev–Trinajstić information content (AvgIpc) is 3.34. The van der Waals surface area contributed by atoms with E-state index in [4.69, 9.17) is 9.47 Å². The summed E-state index contributed by atoms with van der Waals surface area (Å²) in [7, 11) is 0. The predicted molar refractivity (Wildman–Crippen MR) is 129 cm³/mol. The van der Waals surface area contributed by atoms with E-state index in [0.29, 0.717) is 18.5 Å². The number of hydrogen-bond donors (Lipinski definition) is 2. The molecule has 0 saturated carbocycles. The number of benzene rings is 2. The highest BCUT2D eigenvalue weighted by molar-refractivity contribution is 6.04. The Morgan fingerprint density at radius 1 is 1.23 bits per heavy atom. The Bertz CT molecular complexity index is 1180. The summed E-state index contributed by atoms with van der Waals surface area (Å²) in [5, 5.41) is 14.5. The molecule has 5 rings (SSSR count). The summed E-state index contributed by atoms with van der Waals surface area (Å²) in [5.74, 6) is -2.72. The molecule has 186 valence electrons. The molecule has 6 atom stereocenters. The number of nitrogens with one attached hydrogen (secondary N) is 1. The summed E-state index contributed by atoms with van der Waals surface area (Å²) in [5.41, 5.74) is -1.40. The highest BCUT2D eigenvalue weighted by atomic mass is 16.6. The highest BCUT2D eigenvalue weighted by Crippen LogP contribution is 2.65. The topological polar surface area (TPSA) is 105 Å². The lowest BCUT2D eigenvalue weighted by Gasteiger charge is -2.35. The Hall–Kier alpha value is -2.97. The highest BCUT2D eigenvalue weighted by Gasteiger charge is 2.80. The van der Waals surface area contributed by atoms with E-state index in [1.165, 1.54) is 4.90 Å². The number of rotatable bonds is 7. The van der Waals surface area contributed by atoms with Gasteiger partial charge in [0.2, 0.25) is 11.8 Å². The first kappa shape index (κ1) is 23.8. The number of aliphatic hydroxyl groups excluding tert-OH is 1. The van der Waals surface area contributed by atoms with Gasteiger partial charge in [-0.2, -0.15) is 0 Å². The van der Waals surface area contributed by atoms with Gasteiger partial charge in [0.1, 0.15) is 17.6 Å². The molecule has 0 radical (unpaired) electrons. The third kappa shape index (κ3) is 3.45. The first-order chi connectivity index (χ1) is 16.8. The van der Waals surface area contributed by atoms with Crippen molar-refractivity contribution in [2.75, 3.05) is 25.1 Å². The molecule has 2 aromatic carbocycles. The number of aliphatic hydroxyl groups is 1. The van der Waals surface area contributed by atoms with Gasteiger partial charge in [0.25, 0.3) is 0 Å². The molecule has 3 aliphatic rings. The Balaban J connectivity index is 1.53. The molecule has 8 nitrogen and oxygen atoms in total. The third-order valence-corrected chi connectivity index (χ3v) is 8.18. The van der Waals surface area contributed by atoms with Gasteiger partial charge >= 0.3 is 5.97 Å². The van der Waals surface area contributed by atoms with Crippen molar-refractivity contribution in [3.63, 3.8) is 0 Å². The van der Waals surface area contributed by atoms with Crippen LogP contribution in [0.25, 0.3) is 10.8 Å². The Labute approximate surface area is 204 Å². The Morgan fingerprint density at radius 3 is 2.69 bits per heavy atom. The summed E-state index contributed by atoms with van der Waals surface area (Å²) in [4.78, 5) is 42.2. The molecule has 3 heterocycles. The van der Waals surface area contributed by atoms with Crippen LogP contribution in [-0.2, 0) is 23.9 Å². The SMILES string of the molecule is CCOC(=O)[C@H]1[C@H]2C(=O)N(CCCO)C(C(=O)Nc3ccc4ccccc4c3)C23CC(C)[C@]1(C)O3. The molecule has 2 amide bonds. The van der Waals surface area contributed by atoms with Crippen molar-refractivity contribution in [2.45, 2.75) is 50.9 Å². The molecular formula is C27H32N2O6. The van der Waals surface area contributed by atoms with Crippen molar-refractivity contribution < 1.29 is 29.0 Å². The molecule has 35 heavy (non-hydrogen) atoms. The van der Waals surface area contributed by atoms with Gasteiger partial charge in [-0.3, -0.25) is 14.4 Å².